The van der Waals surface area contributed by atoms with Gasteiger partial charge in [0.25, 0.3) is 0 Å². The fraction of sp³-hybridized carbons (Fsp3) is 0.200. The van der Waals surface area contributed by atoms with E-state index in [0.717, 1.165) is 20.5 Å². The van der Waals surface area contributed by atoms with Gasteiger partial charge in [-0.3, -0.25) is 0 Å². The molecule has 1 heterocycles. The Morgan fingerprint density at radius 3 is 2.93 bits per heavy atom. The number of hydrogen-bond acceptors (Lipinski definition) is 3. The fourth-order valence-corrected chi connectivity index (χ4v) is 3.37. The topological polar surface area (TPSA) is 20.2 Å². The van der Waals surface area contributed by atoms with Crippen LogP contribution >= 0.6 is 39.9 Å². The molecular weight excluding hydrogens is 280 g/mol. The Morgan fingerprint density at radius 2 is 2.29 bits per heavy atom. The van der Waals surface area contributed by atoms with Crippen molar-refractivity contribution >= 4 is 50.0 Å². The zero-order chi connectivity index (χ0) is 10.1. The summed E-state index contributed by atoms with van der Waals surface area (Å²) in [7, 11) is 0. The molecule has 0 saturated carbocycles. The molecule has 0 fully saturated rings. The number of thiol groups is 1. The number of benzene rings is 1. The van der Waals surface area contributed by atoms with Crippen LogP contribution in [0.1, 0.15) is 11.1 Å². The second-order valence-corrected chi connectivity index (χ2v) is 4.95. The van der Waals surface area contributed by atoms with E-state index in [2.05, 4.69) is 34.6 Å². The maximum absolute atomic E-state index is 9.24. The summed E-state index contributed by atoms with van der Waals surface area (Å²) in [6.07, 6.45) is 0. The van der Waals surface area contributed by atoms with Crippen LogP contribution in [-0.4, -0.2) is 5.11 Å². The maximum atomic E-state index is 9.24. The molecule has 14 heavy (non-hydrogen) atoms. The van der Waals surface area contributed by atoms with Gasteiger partial charge in [-0.05, 0) is 28.5 Å². The van der Waals surface area contributed by atoms with Gasteiger partial charge in [-0.25, -0.2) is 0 Å². The SMILES string of the molecule is OCc1c(S)cc(CBr)c2ccsc12. The molecule has 1 aromatic carbocycles. The smallest absolute Gasteiger partial charge is 0.0706 e. The summed E-state index contributed by atoms with van der Waals surface area (Å²) < 4.78 is 1.15. The van der Waals surface area contributed by atoms with E-state index < -0.39 is 0 Å². The average Bonchev–Trinajstić information content (AvgIpc) is 2.65. The highest BCUT2D eigenvalue weighted by Gasteiger charge is 2.09. The number of hydrogen-bond donors (Lipinski definition) is 2. The Hall–Kier alpha value is -0.0300. The van der Waals surface area contributed by atoms with Gasteiger partial charge in [0.15, 0.2) is 0 Å². The zero-order valence-corrected chi connectivity index (χ0v) is 10.6. The summed E-state index contributed by atoms with van der Waals surface area (Å²) >= 11 is 9.48. The van der Waals surface area contributed by atoms with Gasteiger partial charge in [-0.15, -0.1) is 24.0 Å². The quantitative estimate of drug-likeness (QED) is 0.639. The Kier molecular flexibility index (Phi) is 3.17. The lowest BCUT2D eigenvalue weighted by Crippen LogP contribution is -1.89. The average molecular weight is 289 g/mol. The minimum absolute atomic E-state index is 0.0540. The van der Waals surface area contributed by atoms with Crippen molar-refractivity contribution in [3.8, 4) is 0 Å². The standard InChI is InChI=1S/C10H9BrOS2/c11-4-6-3-9(13)8(5-12)10-7(6)1-2-14-10/h1-3,12-13H,4-5H2. The van der Waals surface area contributed by atoms with Crippen molar-refractivity contribution in [2.45, 2.75) is 16.8 Å². The van der Waals surface area contributed by atoms with Gasteiger partial charge >= 0.3 is 0 Å². The Bertz CT molecular complexity index is 464. The highest BCUT2D eigenvalue weighted by Crippen LogP contribution is 2.33. The van der Waals surface area contributed by atoms with E-state index >= 15 is 0 Å². The normalized spacial score (nSPS) is 11.1. The van der Waals surface area contributed by atoms with Crippen LogP contribution in [0.3, 0.4) is 0 Å². The van der Waals surface area contributed by atoms with Gasteiger partial charge in [0, 0.05) is 20.5 Å². The molecule has 0 atom stereocenters. The van der Waals surface area contributed by atoms with E-state index in [9.17, 15) is 5.11 Å². The van der Waals surface area contributed by atoms with Crippen molar-refractivity contribution in [1.82, 2.24) is 0 Å². The third-order valence-electron chi connectivity index (χ3n) is 2.21. The third kappa shape index (κ3) is 1.60. The number of halogens is 1. The second-order valence-electron chi connectivity index (χ2n) is 2.99. The lowest BCUT2D eigenvalue weighted by Gasteiger charge is -2.07. The summed E-state index contributed by atoms with van der Waals surface area (Å²) in [5, 5.41) is 13.3. The number of alkyl halides is 1. The molecule has 0 aliphatic rings. The number of fused-ring (bicyclic) bond motifs is 1. The molecule has 1 nitrogen and oxygen atoms in total. The largest absolute Gasteiger partial charge is 0.392 e. The molecule has 1 aromatic heterocycles. The molecule has 0 aliphatic carbocycles. The molecular formula is C10H9BrOS2. The zero-order valence-electron chi connectivity index (χ0n) is 7.33. The summed E-state index contributed by atoms with van der Waals surface area (Å²) in [5.74, 6) is 0. The van der Waals surface area contributed by atoms with Crippen molar-refractivity contribution in [2.24, 2.45) is 0 Å². The first-order chi connectivity index (χ1) is 6.77. The molecule has 0 aliphatic heterocycles. The monoisotopic (exact) mass is 288 g/mol. The first-order valence-corrected chi connectivity index (χ1v) is 6.60. The van der Waals surface area contributed by atoms with Crippen molar-refractivity contribution < 1.29 is 5.11 Å². The molecule has 2 aromatic rings. The predicted molar refractivity (Wildman–Crippen MR) is 67.6 cm³/mol. The van der Waals surface area contributed by atoms with Gasteiger partial charge in [0.2, 0.25) is 0 Å². The van der Waals surface area contributed by atoms with E-state index in [1.165, 1.54) is 10.9 Å². The van der Waals surface area contributed by atoms with Gasteiger partial charge in [0.05, 0.1) is 6.61 Å². The molecule has 0 unspecified atom stereocenters. The minimum Gasteiger partial charge on any atom is -0.392 e. The summed E-state index contributed by atoms with van der Waals surface area (Å²) in [6.45, 7) is 0.0540. The van der Waals surface area contributed by atoms with Crippen molar-refractivity contribution in [3.63, 3.8) is 0 Å². The Morgan fingerprint density at radius 1 is 1.50 bits per heavy atom. The Balaban J connectivity index is 2.81. The fourth-order valence-electron chi connectivity index (χ4n) is 1.51. The first kappa shape index (κ1) is 10.5. The van der Waals surface area contributed by atoms with Crippen molar-refractivity contribution in [3.05, 3.63) is 28.6 Å². The van der Waals surface area contributed by atoms with Crippen LogP contribution in [0.5, 0.6) is 0 Å². The first-order valence-electron chi connectivity index (χ1n) is 4.15. The van der Waals surface area contributed by atoms with Crippen LogP contribution in [-0.2, 0) is 11.9 Å². The van der Waals surface area contributed by atoms with E-state index in [4.69, 9.17) is 0 Å². The van der Waals surface area contributed by atoms with Crippen LogP contribution < -0.4 is 0 Å². The second kappa shape index (κ2) is 4.23. The third-order valence-corrected chi connectivity index (χ3v) is 4.18. The van der Waals surface area contributed by atoms with Crippen LogP contribution in [0.4, 0.5) is 0 Å². The van der Waals surface area contributed by atoms with E-state index in [1.54, 1.807) is 11.3 Å². The van der Waals surface area contributed by atoms with E-state index in [1.807, 2.05) is 11.4 Å². The molecule has 0 amide bonds. The maximum Gasteiger partial charge on any atom is 0.0706 e. The highest BCUT2D eigenvalue weighted by molar-refractivity contribution is 9.08. The van der Waals surface area contributed by atoms with Gasteiger partial charge in [-0.1, -0.05) is 15.9 Å². The Labute approximate surface area is 100 Å². The molecule has 0 spiro atoms. The number of aliphatic hydroxyl groups is 1. The molecule has 2 rings (SSSR count). The molecule has 0 bridgehead atoms. The van der Waals surface area contributed by atoms with Crippen LogP contribution in [0, 0.1) is 0 Å². The van der Waals surface area contributed by atoms with Crippen molar-refractivity contribution in [2.75, 3.05) is 0 Å². The molecule has 4 heteroatoms. The highest BCUT2D eigenvalue weighted by atomic mass is 79.9. The number of rotatable bonds is 2. The summed E-state index contributed by atoms with van der Waals surface area (Å²) in [6, 6.07) is 4.10. The number of aliphatic hydroxyl groups excluding tert-OH is 1. The molecule has 0 radical (unpaired) electrons. The van der Waals surface area contributed by atoms with Crippen LogP contribution in [0.15, 0.2) is 22.4 Å². The number of thiophene rings is 1. The molecule has 1 N–H and O–H groups in total. The molecule has 74 valence electrons. The van der Waals surface area contributed by atoms with E-state index in [-0.39, 0.29) is 6.61 Å². The summed E-state index contributed by atoms with van der Waals surface area (Å²) in [4.78, 5) is 0.872. The lowest BCUT2D eigenvalue weighted by atomic mass is 10.1. The summed E-state index contributed by atoms with van der Waals surface area (Å²) in [5.41, 5.74) is 2.16. The van der Waals surface area contributed by atoms with Gasteiger partial charge < -0.3 is 5.11 Å². The van der Waals surface area contributed by atoms with Gasteiger partial charge in [-0.2, -0.15) is 0 Å². The van der Waals surface area contributed by atoms with E-state index in [0.29, 0.717) is 0 Å². The minimum atomic E-state index is 0.0540. The molecule has 0 saturated heterocycles. The van der Waals surface area contributed by atoms with Crippen LogP contribution in [0.2, 0.25) is 0 Å². The predicted octanol–water partition coefficient (Wildman–Crippen LogP) is 3.58. The van der Waals surface area contributed by atoms with Gasteiger partial charge in [0.1, 0.15) is 0 Å². The van der Waals surface area contributed by atoms with Crippen LogP contribution in [0.25, 0.3) is 10.1 Å². The lowest BCUT2D eigenvalue weighted by molar-refractivity contribution is 0.281. The van der Waals surface area contributed by atoms with Crippen molar-refractivity contribution in [1.29, 1.82) is 0 Å².